The lowest BCUT2D eigenvalue weighted by Gasteiger charge is -2.26. The first kappa shape index (κ1) is 19.9. The molecule has 0 spiro atoms. The number of hydrogen-bond donors (Lipinski definition) is 1. The number of benzene rings is 2. The van der Waals surface area contributed by atoms with E-state index >= 15 is 0 Å². The number of rotatable bonds is 6. The minimum absolute atomic E-state index is 0.167. The Morgan fingerprint density at radius 2 is 1.63 bits per heavy atom. The van der Waals surface area contributed by atoms with Gasteiger partial charge in [0.05, 0.1) is 0 Å². The molecule has 0 radical (unpaired) electrons. The smallest absolute Gasteiger partial charge is 0.127 e. The molecule has 0 saturated heterocycles. The summed E-state index contributed by atoms with van der Waals surface area (Å²) in [6, 6.07) is 16.9. The topological polar surface area (TPSA) is 21.3 Å². The van der Waals surface area contributed by atoms with Gasteiger partial charge in [0, 0.05) is 6.54 Å². The normalized spacial score (nSPS) is 20.4. The van der Waals surface area contributed by atoms with Crippen LogP contribution in [0.25, 0.3) is 0 Å². The van der Waals surface area contributed by atoms with Gasteiger partial charge in [-0.2, -0.15) is 0 Å². The van der Waals surface area contributed by atoms with Crippen LogP contribution < -0.4 is 10.1 Å². The van der Waals surface area contributed by atoms with Gasteiger partial charge in [-0.3, -0.25) is 0 Å². The van der Waals surface area contributed by atoms with Crippen LogP contribution in [0, 0.1) is 11.8 Å². The van der Waals surface area contributed by atoms with Crippen LogP contribution in [0.2, 0.25) is 0 Å². The van der Waals surface area contributed by atoms with Crippen LogP contribution in [0.1, 0.15) is 64.5 Å². The highest BCUT2D eigenvalue weighted by Crippen LogP contribution is 2.29. The Labute approximate surface area is 165 Å². The fourth-order valence-electron chi connectivity index (χ4n) is 3.83. The lowest BCUT2D eigenvalue weighted by molar-refractivity contribution is 0.281. The molecule has 1 aliphatic carbocycles. The molecule has 1 fully saturated rings. The summed E-state index contributed by atoms with van der Waals surface area (Å²) in [5.41, 5.74) is 2.77. The van der Waals surface area contributed by atoms with Gasteiger partial charge < -0.3 is 10.1 Å². The summed E-state index contributed by atoms with van der Waals surface area (Å²) in [6.45, 7) is 11.1. The van der Waals surface area contributed by atoms with Crippen molar-refractivity contribution < 1.29 is 4.74 Å². The third-order valence-corrected chi connectivity index (χ3v) is 5.75. The molecular weight excluding hydrogens is 330 g/mol. The molecule has 0 atom stereocenters. The molecule has 0 unspecified atom stereocenters. The van der Waals surface area contributed by atoms with Crippen LogP contribution >= 0.6 is 0 Å². The highest BCUT2D eigenvalue weighted by molar-refractivity contribution is 5.36. The van der Waals surface area contributed by atoms with Crippen molar-refractivity contribution in [3.05, 3.63) is 59.7 Å². The summed E-state index contributed by atoms with van der Waals surface area (Å²) in [7, 11) is 0. The molecule has 0 bridgehead atoms. The van der Waals surface area contributed by atoms with Crippen molar-refractivity contribution in [1.29, 1.82) is 0 Å². The van der Waals surface area contributed by atoms with Gasteiger partial charge in [0.1, 0.15) is 11.5 Å². The first-order valence-corrected chi connectivity index (χ1v) is 10.5. The van der Waals surface area contributed by atoms with Crippen LogP contribution in [0.5, 0.6) is 11.5 Å². The van der Waals surface area contributed by atoms with E-state index in [1.165, 1.54) is 36.8 Å². The lowest BCUT2D eigenvalue weighted by Crippen LogP contribution is -2.25. The molecular formula is C25H35NO. The molecule has 1 aliphatic rings. The number of nitrogens with one attached hydrogen (secondary N) is 1. The zero-order valence-corrected chi connectivity index (χ0v) is 17.4. The van der Waals surface area contributed by atoms with Crippen molar-refractivity contribution in [1.82, 2.24) is 5.32 Å². The number of hydrogen-bond acceptors (Lipinski definition) is 2. The third-order valence-electron chi connectivity index (χ3n) is 5.75. The van der Waals surface area contributed by atoms with E-state index in [1.807, 2.05) is 6.07 Å². The van der Waals surface area contributed by atoms with E-state index in [-0.39, 0.29) is 5.41 Å². The second-order valence-electron chi connectivity index (χ2n) is 9.28. The Hall–Kier alpha value is -1.80. The predicted molar refractivity (Wildman–Crippen MR) is 114 cm³/mol. The van der Waals surface area contributed by atoms with E-state index < -0.39 is 0 Å². The van der Waals surface area contributed by atoms with Crippen molar-refractivity contribution in [2.45, 2.75) is 65.3 Å². The molecule has 2 aromatic rings. The van der Waals surface area contributed by atoms with Gasteiger partial charge in [-0.15, -0.1) is 0 Å². The first-order chi connectivity index (χ1) is 12.9. The van der Waals surface area contributed by atoms with Crippen LogP contribution in [-0.4, -0.2) is 6.54 Å². The summed E-state index contributed by atoms with van der Waals surface area (Å²) >= 11 is 0. The largest absolute Gasteiger partial charge is 0.457 e. The van der Waals surface area contributed by atoms with E-state index in [0.717, 1.165) is 36.4 Å². The Balaban J connectivity index is 1.51. The average Bonchev–Trinajstić information content (AvgIpc) is 2.63. The fourth-order valence-corrected chi connectivity index (χ4v) is 3.83. The van der Waals surface area contributed by atoms with Gasteiger partial charge in [-0.05, 0) is 72.0 Å². The molecule has 1 saturated carbocycles. The van der Waals surface area contributed by atoms with Crippen molar-refractivity contribution in [3.63, 3.8) is 0 Å². The minimum Gasteiger partial charge on any atom is -0.457 e. The van der Waals surface area contributed by atoms with E-state index in [9.17, 15) is 0 Å². The van der Waals surface area contributed by atoms with Crippen molar-refractivity contribution >= 4 is 0 Å². The second kappa shape index (κ2) is 8.93. The summed E-state index contributed by atoms with van der Waals surface area (Å²) < 4.78 is 6.07. The monoisotopic (exact) mass is 365 g/mol. The maximum Gasteiger partial charge on any atom is 0.127 e. The second-order valence-corrected chi connectivity index (χ2v) is 9.28. The highest BCUT2D eigenvalue weighted by Gasteiger charge is 2.17. The molecule has 2 nitrogen and oxygen atoms in total. The maximum atomic E-state index is 6.07. The van der Waals surface area contributed by atoms with Gasteiger partial charge >= 0.3 is 0 Å². The Bertz CT molecular complexity index is 706. The van der Waals surface area contributed by atoms with E-state index in [1.54, 1.807) is 0 Å². The van der Waals surface area contributed by atoms with Crippen molar-refractivity contribution in [2.24, 2.45) is 11.8 Å². The van der Waals surface area contributed by atoms with Crippen molar-refractivity contribution in [3.8, 4) is 11.5 Å². The SMILES string of the molecule is CC1CCC(CNCc2cccc(Oc3ccc(C(C)(C)C)cc3)c2)CC1. The van der Waals surface area contributed by atoms with Crippen LogP contribution in [0.15, 0.2) is 48.5 Å². The van der Waals surface area contributed by atoms with E-state index in [0.29, 0.717) is 0 Å². The first-order valence-electron chi connectivity index (χ1n) is 10.5. The van der Waals surface area contributed by atoms with E-state index in [2.05, 4.69) is 75.5 Å². The van der Waals surface area contributed by atoms with Crippen molar-refractivity contribution in [2.75, 3.05) is 6.54 Å². The molecule has 0 aliphatic heterocycles. The van der Waals surface area contributed by atoms with Gasteiger partial charge in [-0.25, -0.2) is 0 Å². The molecule has 0 aromatic heterocycles. The summed E-state index contributed by atoms with van der Waals surface area (Å²) in [5, 5.41) is 3.65. The fraction of sp³-hybridized carbons (Fsp3) is 0.520. The zero-order chi connectivity index (χ0) is 19.3. The number of ether oxygens (including phenoxy) is 1. The quantitative estimate of drug-likeness (QED) is 0.615. The van der Waals surface area contributed by atoms with Gasteiger partial charge in [0.25, 0.3) is 0 Å². The van der Waals surface area contributed by atoms with Gasteiger partial charge in [0.2, 0.25) is 0 Å². The Morgan fingerprint density at radius 1 is 0.926 bits per heavy atom. The molecule has 0 heterocycles. The van der Waals surface area contributed by atoms with Crippen LogP contribution in [-0.2, 0) is 12.0 Å². The predicted octanol–water partition coefficient (Wildman–Crippen LogP) is 6.69. The van der Waals surface area contributed by atoms with Gasteiger partial charge in [-0.1, -0.05) is 64.8 Å². The van der Waals surface area contributed by atoms with Gasteiger partial charge in [0.15, 0.2) is 0 Å². The average molecular weight is 366 g/mol. The molecule has 27 heavy (non-hydrogen) atoms. The Morgan fingerprint density at radius 3 is 2.30 bits per heavy atom. The lowest BCUT2D eigenvalue weighted by atomic mass is 9.83. The molecule has 146 valence electrons. The summed E-state index contributed by atoms with van der Waals surface area (Å²) in [6.07, 6.45) is 5.54. The minimum atomic E-state index is 0.167. The molecule has 1 N–H and O–H groups in total. The maximum absolute atomic E-state index is 6.07. The van der Waals surface area contributed by atoms with Crippen LogP contribution in [0.3, 0.4) is 0 Å². The molecule has 2 aromatic carbocycles. The van der Waals surface area contributed by atoms with E-state index in [4.69, 9.17) is 4.74 Å². The highest BCUT2D eigenvalue weighted by atomic mass is 16.5. The zero-order valence-electron chi connectivity index (χ0n) is 17.4. The summed E-state index contributed by atoms with van der Waals surface area (Å²) in [4.78, 5) is 0. The standard InChI is InChI=1S/C25H35NO/c1-19-8-10-20(11-9-19)17-26-18-21-6-5-7-24(16-21)27-23-14-12-22(13-15-23)25(2,3)4/h5-7,12-16,19-20,26H,8-11,17-18H2,1-4H3. The third kappa shape index (κ3) is 6.10. The van der Waals surface area contributed by atoms with Crippen LogP contribution in [0.4, 0.5) is 0 Å². The molecule has 0 amide bonds. The summed E-state index contributed by atoms with van der Waals surface area (Å²) in [5.74, 6) is 3.57. The molecule has 3 rings (SSSR count). The Kier molecular flexibility index (Phi) is 6.59. The molecule has 2 heteroatoms.